The van der Waals surface area contributed by atoms with E-state index >= 15 is 0 Å². The summed E-state index contributed by atoms with van der Waals surface area (Å²) in [4.78, 5) is 14.4. The van der Waals surface area contributed by atoms with E-state index in [9.17, 15) is 10.1 Å². The van der Waals surface area contributed by atoms with E-state index < -0.39 is 4.92 Å². The van der Waals surface area contributed by atoms with Crippen LogP contribution in [0.5, 0.6) is 5.75 Å². The minimum absolute atomic E-state index is 0.0841. The van der Waals surface area contributed by atoms with Gasteiger partial charge in [-0.05, 0) is 58.2 Å². The van der Waals surface area contributed by atoms with Crippen molar-refractivity contribution in [3.8, 4) is 5.75 Å². The molecule has 0 unspecified atom stereocenters. The molecule has 1 heterocycles. The van der Waals surface area contributed by atoms with Crippen molar-refractivity contribution in [1.82, 2.24) is 4.98 Å². The quantitative estimate of drug-likeness (QED) is 0.314. The normalized spacial score (nSPS) is 10.8. The fraction of sp³-hybridized carbons (Fsp3) is 0.100. The topological polar surface area (TPSA) is 89.7 Å². The summed E-state index contributed by atoms with van der Waals surface area (Å²) in [5, 5.41) is 15.0. The molecule has 0 fully saturated rings. The molecule has 3 rings (SSSR count). The molecule has 7 nitrogen and oxygen atoms in total. The smallest absolute Gasteiger partial charge is 0.313 e. The molecule has 0 bridgehead atoms. The number of nitrogens with zero attached hydrogens (tertiary/aromatic N) is 3. The fourth-order valence-corrected chi connectivity index (χ4v) is 2.87. The lowest BCUT2D eigenvalue weighted by atomic mass is 10.2. The van der Waals surface area contributed by atoms with Crippen molar-refractivity contribution < 1.29 is 9.66 Å². The molecular weight excluding hydrogens is 424 g/mol. The van der Waals surface area contributed by atoms with Crippen LogP contribution in [-0.4, -0.2) is 16.1 Å². The summed E-state index contributed by atoms with van der Waals surface area (Å²) in [5.74, 6) is 0.798. The van der Waals surface area contributed by atoms with Crippen LogP contribution in [0.3, 0.4) is 0 Å². The van der Waals surface area contributed by atoms with E-state index in [0.29, 0.717) is 12.4 Å². The monoisotopic (exact) mass is 440 g/mol. The number of nitrogens with one attached hydrogen (secondary N) is 1. The highest BCUT2D eigenvalue weighted by molar-refractivity contribution is 9.10. The van der Waals surface area contributed by atoms with Crippen LogP contribution < -0.4 is 10.2 Å². The van der Waals surface area contributed by atoms with Gasteiger partial charge in [-0.2, -0.15) is 5.10 Å². The number of halogens is 1. The van der Waals surface area contributed by atoms with Crippen molar-refractivity contribution in [1.29, 1.82) is 0 Å². The molecular formula is C20H17BrN4O3. The summed E-state index contributed by atoms with van der Waals surface area (Å²) >= 11 is 3.49. The van der Waals surface area contributed by atoms with Gasteiger partial charge in [-0.25, -0.2) is 4.98 Å². The zero-order chi connectivity index (χ0) is 19.9. The second kappa shape index (κ2) is 9.09. The summed E-state index contributed by atoms with van der Waals surface area (Å²) in [5.41, 5.74) is 5.55. The van der Waals surface area contributed by atoms with E-state index in [-0.39, 0.29) is 11.5 Å². The van der Waals surface area contributed by atoms with Gasteiger partial charge in [-0.15, -0.1) is 0 Å². The first-order chi connectivity index (χ1) is 13.5. The minimum Gasteiger partial charge on any atom is -0.488 e. The van der Waals surface area contributed by atoms with Crippen LogP contribution in [0.2, 0.25) is 0 Å². The van der Waals surface area contributed by atoms with Crippen LogP contribution in [-0.2, 0) is 6.61 Å². The number of anilines is 1. The third-order valence-corrected chi connectivity index (χ3v) is 4.46. The second-order valence-electron chi connectivity index (χ2n) is 5.96. The van der Waals surface area contributed by atoms with Crippen molar-refractivity contribution in [2.45, 2.75) is 13.5 Å². The zero-order valence-corrected chi connectivity index (χ0v) is 16.6. The molecule has 0 saturated carbocycles. The van der Waals surface area contributed by atoms with Crippen LogP contribution in [0.25, 0.3) is 0 Å². The SMILES string of the molecule is Cc1ccc(COc2ccc(/C=N\Nc3ncccc3[N+](=O)[O-])cc2Br)cc1. The Morgan fingerprint density at radius 3 is 2.75 bits per heavy atom. The average molecular weight is 441 g/mol. The Labute approximate surface area is 170 Å². The highest BCUT2D eigenvalue weighted by atomic mass is 79.9. The van der Waals surface area contributed by atoms with Gasteiger partial charge in [0.15, 0.2) is 0 Å². The van der Waals surface area contributed by atoms with Crippen LogP contribution in [0, 0.1) is 17.0 Å². The van der Waals surface area contributed by atoms with Gasteiger partial charge in [0, 0.05) is 12.3 Å². The maximum Gasteiger partial charge on any atom is 0.313 e. The Morgan fingerprint density at radius 1 is 1.25 bits per heavy atom. The summed E-state index contributed by atoms with van der Waals surface area (Å²) < 4.78 is 6.63. The molecule has 0 aliphatic rings. The van der Waals surface area contributed by atoms with Gasteiger partial charge in [0.05, 0.1) is 15.6 Å². The van der Waals surface area contributed by atoms with E-state index in [1.807, 2.05) is 49.4 Å². The third kappa shape index (κ3) is 5.14. The third-order valence-electron chi connectivity index (χ3n) is 3.84. The number of pyridine rings is 1. The molecule has 142 valence electrons. The molecule has 0 atom stereocenters. The van der Waals surface area contributed by atoms with Gasteiger partial charge >= 0.3 is 5.69 Å². The van der Waals surface area contributed by atoms with Gasteiger partial charge in [0.25, 0.3) is 0 Å². The first-order valence-corrected chi connectivity index (χ1v) is 9.18. The maximum absolute atomic E-state index is 11.0. The molecule has 1 N–H and O–H groups in total. The Morgan fingerprint density at radius 2 is 2.04 bits per heavy atom. The van der Waals surface area contributed by atoms with Crippen LogP contribution in [0.4, 0.5) is 11.5 Å². The summed E-state index contributed by atoms with van der Waals surface area (Å²) in [6.45, 7) is 2.51. The summed E-state index contributed by atoms with van der Waals surface area (Å²) in [7, 11) is 0. The zero-order valence-electron chi connectivity index (χ0n) is 15.0. The molecule has 0 radical (unpaired) electrons. The van der Waals surface area contributed by atoms with Gasteiger partial charge in [-0.3, -0.25) is 15.5 Å². The minimum atomic E-state index is -0.512. The van der Waals surface area contributed by atoms with E-state index in [4.69, 9.17) is 4.74 Å². The first kappa shape index (κ1) is 19.5. The largest absolute Gasteiger partial charge is 0.488 e. The van der Waals surface area contributed by atoms with Gasteiger partial charge in [-0.1, -0.05) is 29.8 Å². The Balaban J connectivity index is 1.63. The Hall–Kier alpha value is -3.26. The first-order valence-electron chi connectivity index (χ1n) is 8.39. The Bertz CT molecular complexity index is 1010. The summed E-state index contributed by atoms with van der Waals surface area (Å²) in [6, 6.07) is 16.6. The number of ether oxygens (including phenoxy) is 1. The second-order valence-corrected chi connectivity index (χ2v) is 6.82. The van der Waals surface area contributed by atoms with Crippen molar-refractivity contribution in [2.24, 2.45) is 5.10 Å². The Kier molecular flexibility index (Phi) is 6.33. The number of rotatable bonds is 7. The number of nitro groups is 1. The number of hydrogen-bond acceptors (Lipinski definition) is 6. The molecule has 0 amide bonds. The highest BCUT2D eigenvalue weighted by Crippen LogP contribution is 2.26. The summed E-state index contributed by atoms with van der Waals surface area (Å²) in [6.07, 6.45) is 3.01. The number of hydrogen-bond donors (Lipinski definition) is 1. The van der Waals surface area contributed by atoms with Crippen LogP contribution >= 0.6 is 15.9 Å². The van der Waals surface area contributed by atoms with E-state index in [1.54, 1.807) is 6.21 Å². The fourth-order valence-electron chi connectivity index (χ4n) is 2.36. The van der Waals surface area contributed by atoms with Gasteiger partial charge in [0.1, 0.15) is 12.4 Å². The molecule has 2 aromatic carbocycles. The number of aryl methyl sites for hydroxylation is 1. The molecule has 0 spiro atoms. The van der Waals surface area contributed by atoms with Crippen LogP contribution in [0.15, 0.2) is 70.4 Å². The predicted molar refractivity (Wildman–Crippen MR) is 112 cm³/mol. The maximum atomic E-state index is 11.0. The lowest BCUT2D eigenvalue weighted by Gasteiger charge is -2.09. The molecule has 3 aromatic rings. The lowest BCUT2D eigenvalue weighted by molar-refractivity contribution is -0.384. The van der Waals surface area contributed by atoms with E-state index in [2.05, 4.69) is 31.4 Å². The van der Waals surface area contributed by atoms with E-state index in [0.717, 1.165) is 15.6 Å². The molecule has 8 heteroatoms. The average Bonchev–Trinajstić information content (AvgIpc) is 2.69. The molecule has 28 heavy (non-hydrogen) atoms. The van der Waals surface area contributed by atoms with E-state index in [1.165, 1.54) is 23.9 Å². The lowest BCUT2D eigenvalue weighted by Crippen LogP contribution is -1.99. The van der Waals surface area contributed by atoms with Crippen molar-refractivity contribution in [3.63, 3.8) is 0 Å². The van der Waals surface area contributed by atoms with Crippen molar-refractivity contribution in [2.75, 3.05) is 5.43 Å². The van der Waals surface area contributed by atoms with Crippen molar-refractivity contribution in [3.05, 3.63) is 92.1 Å². The number of aromatic nitrogens is 1. The van der Waals surface area contributed by atoms with Crippen molar-refractivity contribution >= 4 is 33.6 Å². The molecule has 1 aromatic heterocycles. The van der Waals surface area contributed by atoms with Gasteiger partial charge in [0.2, 0.25) is 5.82 Å². The number of benzene rings is 2. The standard InChI is InChI=1S/C20H17BrN4O3/c1-14-4-6-15(7-5-14)13-28-19-9-8-16(11-17(19)21)12-23-24-20-18(25(26)27)3-2-10-22-20/h2-12H,13H2,1H3,(H,22,24)/b23-12-. The molecule has 0 aliphatic heterocycles. The highest BCUT2D eigenvalue weighted by Gasteiger charge is 2.12. The van der Waals surface area contributed by atoms with Crippen LogP contribution in [0.1, 0.15) is 16.7 Å². The van der Waals surface area contributed by atoms with Gasteiger partial charge < -0.3 is 4.74 Å². The molecule has 0 aliphatic carbocycles. The molecule has 0 saturated heterocycles. The number of hydrazone groups is 1. The predicted octanol–water partition coefficient (Wildman–Crippen LogP) is 5.09.